The number of ether oxygens (including phenoxy) is 3. The van der Waals surface area contributed by atoms with E-state index in [9.17, 15) is 9.59 Å². The molecule has 152 valence electrons. The number of hydrogen-bond acceptors (Lipinski definition) is 5. The van der Waals surface area contributed by atoms with E-state index in [0.717, 1.165) is 11.3 Å². The lowest BCUT2D eigenvalue weighted by Gasteiger charge is -2.24. The van der Waals surface area contributed by atoms with E-state index in [1.165, 1.54) is 7.11 Å². The summed E-state index contributed by atoms with van der Waals surface area (Å²) in [5, 5.41) is 0. The fourth-order valence-electron chi connectivity index (χ4n) is 4.39. The smallest absolute Gasteiger partial charge is 0.257 e. The molecule has 0 aromatic heterocycles. The van der Waals surface area contributed by atoms with Crippen molar-refractivity contribution in [3.05, 3.63) is 47.5 Å². The van der Waals surface area contributed by atoms with Crippen LogP contribution in [0.15, 0.2) is 36.4 Å². The average molecular weight is 396 g/mol. The summed E-state index contributed by atoms with van der Waals surface area (Å²) in [6.07, 6.45) is 0.570. The Balaban J connectivity index is 1.68. The maximum atomic E-state index is 13.2. The second-order valence-corrected chi connectivity index (χ2v) is 7.37. The minimum atomic E-state index is -0.742. The van der Waals surface area contributed by atoms with E-state index >= 15 is 0 Å². The second-order valence-electron chi connectivity index (χ2n) is 7.37. The molecule has 2 amide bonds. The first-order valence-electron chi connectivity index (χ1n) is 9.43. The van der Waals surface area contributed by atoms with Crippen molar-refractivity contribution < 1.29 is 23.8 Å². The summed E-state index contributed by atoms with van der Waals surface area (Å²) in [5.74, 6) is 1.62. The molecule has 2 aliphatic rings. The Kier molecular flexibility index (Phi) is 4.61. The molecule has 0 bridgehead atoms. The Hall–Kier alpha value is -3.22. The largest absolute Gasteiger partial charge is 0.497 e. The van der Waals surface area contributed by atoms with Crippen LogP contribution in [0.1, 0.15) is 22.3 Å². The molecule has 2 aromatic rings. The quantitative estimate of drug-likeness (QED) is 0.794. The molecule has 0 saturated carbocycles. The number of likely N-dealkylation sites (tertiary alicyclic amines) is 1. The van der Waals surface area contributed by atoms with Crippen LogP contribution in [0.3, 0.4) is 0 Å². The van der Waals surface area contributed by atoms with E-state index in [2.05, 4.69) is 0 Å². The third kappa shape index (κ3) is 2.80. The molecule has 0 unspecified atom stereocenters. The molecule has 2 heterocycles. The van der Waals surface area contributed by atoms with Gasteiger partial charge in [-0.3, -0.25) is 9.59 Å². The monoisotopic (exact) mass is 396 g/mol. The molecular formula is C22H24N2O5. The van der Waals surface area contributed by atoms with Crippen LogP contribution >= 0.6 is 0 Å². The Labute approximate surface area is 169 Å². The van der Waals surface area contributed by atoms with Gasteiger partial charge in [0, 0.05) is 31.9 Å². The van der Waals surface area contributed by atoms with Crippen molar-refractivity contribution in [2.24, 2.45) is 0 Å². The number of amides is 2. The van der Waals surface area contributed by atoms with Gasteiger partial charge in [-0.25, -0.2) is 0 Å². The highest BCUT2D eigenvalue weighted by molar-refractivity contribution is 6.09. The van der Waals surface area contributed by atoms with Crippen LogP contribution in [0.4, 0.5) is 5.69 Å². The minimum Gasteiger partial charge on any atom is -0.497 e. The molecule has 4 rings (SSSR count). The third-order valence-electron chi connectivity index (χ3n) is 5.99. The number of likely N-dealkylation sites (N-methyl/N-ethyl adjacent to an activating group) is 1. The summed E-state index contributed by atoms with van der Waals surface area (Å²) >= 11 is 0. The van der Waals surface area contributed by atoms with Gasteiger partial charge in [0.15, 0.2) is 0 Å². The molecule has 7 nitrogen and oxygen atoms in total. The Morgan fingerprint density at radius 1 is 1.00 bits per heavy atom. The lowest BCUT2D eigenvalue weighted by Crippen LogP contribution is -2.42. The first-order valence-corrected chi connectivity index (χ1v) is 9.43. The summed E-state index contributed by atoms with van der Waals surface area (Å²) in [6, 6.07) is 10.8. The fraction of sp³-hybridized carbons (Fsp3) is 0.364. The fourth-order valence-corrected chi connectivity index (χ4v) is 4.39. The van der Waals surface area contributed by atoms with Gasteiger partial charge in [0.2, 0.25) is 5.91 Å². The Morgan fingerprint density at radius 2 is 1.69 bits per heavy atom. The molecule has 2 aliphatic heterocycles. The molecule has 7 heteroatoms. The molecule has 0 radical (unpaired) electrons. The van der Waals surface area contributed by atoms with Crippen LogP contribution in [0.5, 0.6) is 17.2 Å². The lowest BCUT2D eigenvalue weighted by molar-refractivity contribution is -0.122. The molecule has 1 atom stereocenters. The second kappa shape index (κ2) is 6.99. The van der Waals surface area contributed by atoms with Gasteiger partial charge in [-0.15, -0.1) is 0 Å². The van der Waals surface area contributed by atoms with E-state index < -0.39 is 5.41 Å². The van der Waals surface area contributed by atoms with E-state index in [-0.39, 0.29) is 11.8 Å². The summed E-state index contributed by atoms with van der Waals surface area (Å²) in [7, 11) is 6.47. The number of anilines is 1. The summed E-state index contributed by atoms with van der Waals surface area (Å²) in [4.78, 5) is 29.9. The number of benzene rings is 2. The number of nitrogens with zero attached hydrogens (tertiary/aromatic N) is 2. The summed E-state index contributed by atoms with van der Waals surface area (Å²) < 4.78 is 16.0. The number of hydrogen-bond donors (Lipinski definition) is 0. The van der Waals surface area contributed by atoms with Gasteiger partial charge in [0.05, 0.1) is 32.3 Å². The van der Waals surface area contributed by atoms with Gasteiger partial charge in [-0.05, 0) is 42.3 Å². The van der Waals surface area contributed by atoms with Crippen molar-refractivity contribution in [1.82, 2.24) is 4.90 Å². The van der Waals surface area contributed by atoms with Crippen LogP contribution < -0.4 is 19.1 Å². The predicted molar refractivity (Wildman–Crippen MR) is 108 cm³/mol. The Bertz CT molecular complexity index is 989. The average Bonchev–Trinajstić information content (AvgIpc) is 3.30. The van der Waals surface area contributed by atoms with Crippen LogP contribution in [0, 0.1) is 0 Å². The molecule has 1 saturated heterocycles. The van der Waals surface area contributed by atoms with Crippen molar-refractivity contribution in [1.29, 1.82) is 0 Å². The molecule has 1 fully saturated rings. The molecule has 2 aromatic carbocycles. The van der Waals surface area contributed by atoms with E-state index in [4.69, 9.17) is 14.2 Å². The normalized spacial score (nSPS) is 20.2. The number of fused-ring (bicyclic) bond motifs is 2. The van der Waals surface area contributed by atoms with Crippen molar-refractivity contribution in [2.75, 3.05) is 46.4 Å². The SMILES string of the molecule is COc1ccc(C(=O)N2CC[C@@]3(C2)C(=O)N(C)c2ccc(OC)cc23)c(OC)c1. The highest BCUT2D eigenvalue weighted by atomic mass is 16.5. The first kappa shape index (κ1) is 19.1. The number of methoxy groups -OCH3 is 3. The van der Waals surface area contributed by atoms with Crippen LogP contribution in [-0.4, -0.2) is 58.2 Å². The highest BCUT2D eigenvalue weighted by Gasteiger charge is 2.54. The van der Waals surface area contributed by atoms with E-state index in [0.29, 0.717) is 42.3 Å². The maximum Gasteiger partial charge on any atom is 0.257 e. The molecule has 0 N–H and O–H groups in total. The summed E-state index contributed by atoms with van der Waals surface area (Å²) in [5.41, 5.74) is 1.50. The lowest BCUT2D eigenvalue weighted by atomic mass is 9.81. The molecule has 0 aliphatic carbocycles. The third-order valence-corrected chi connectivity index (χ3v) is 5.99. The van der Waals surface area contributed by atoms with Crippen LogP contribution in [0.25, 0.3) is 0 Å². The predicted octanol–water partition coefficient (Wildman–Crippen LogP) is 2.47. The molecule has 1 spiro atoms. The molecule has 29 heavy (non-hydrogen) atoms. The highest BCUT2D eigenvalue weighted by Crippen LogP contribution is 2.48. The van der Waals surface area contributed by atoms with Crippen molar-refractivity contribution in [2.45, 2.75) is 11.8 Å². The van der Waals surface area contributed by atoms with Gasteiger partial charge in [-0.1, -0.05) is 0 Å². The van der Waals surface area contributed by atoms with Gasteiger partial charge in [0.25, 0.3) is 5.91 Å². The van der Waals surface area contributed by atoms with Gasteiger partial charge in [0.1, 0.15) is 17.2 Å². The van der Waals surface area contributed by atoms with Gasteiger partial charge < -0.3 is 24.0 Å². The minimum absolute atomic E-state index is 0.0118. The number of rotatable bonds is 4. The summed E-state index contributed by atoms with van der Waals surface area (Å²) in [6.45, 7) is 0.814. The standard InChI is InChI=1S/C22H24N2O5/c1-23-18-8-6-14(27-2)11-17(18)22(21(23)26)9-10-24(13-22)20(25)16-7-5-15(28-3)12-19(16)29-4/h5-8,11-12H,9-10,13H2,1-4H3/t22-/m0/s1. The van der Waals surface area contributed by atoms with Gasteiger partial charge in [-0.2, -0.15) is 0 Å². The van der Waals surface area contributed by atoms with E-state index in [1.54, 1.807) is 49.3 Å². The van der Waals surface area contributed by atoms with Crippen LogP contribution in [-0.2, 0) is 10.2 Å². The number of carbonyl (C=O) groups excluding carboxylic acids is 2. The zero-order chi connectivity index (χ0) is 20.8. The first-order chi connectivity index (χ1) is 13.9. The van der Waals surface area contributed by atoms with Gasteiger partial charge >= 0.3 is 0 Å². The maximum absolute atomic E-state index is 13.2. The van der Waals surface area contributed by atoms with Crippen molar-refractivity contribution in [3.8, 4) is 17.2 Å². The molecular weight excluding hydrogens is 372 g/mol. The van der Waals surface area contributed by atoms with E-state index in [1.807, 2.05) is 18.2 Å². The zero-order valence-corrected chi connectivity index (χ0v) is 17.0. The van der Waals surface area contributed by atoms with Crippen molar-refractivity contribution >= 4 is 17.5 Å². The van der Waals surface area contributed by atoms with Crippen molar-refractivity contribution in [3.63, 3.8) is 0 Å². The topological polar surface area (TPSA) is 68.3 Å². The Morgan fingerprint density at radius 3 is 2.38 bits per heavy atom. The van der Waals surface area contributed by atoms with Crippen LogP contribution in [0.2, 0.25) is 0 Å². The zero-order valence-electron chi connectivity index (χ0n) is 17.0. The number of carbonyl (C=O) groups is 2.